The van der Waals surface area contributed by atoms with E-state index in [1.54, 1.807) is 4.57 Å². The fourth-order valence-electron chi connectivity index (χ4n) is 2.40. The number of hydrogen-bond donors (Lipinski definition) is 2. The Kier molecular flexibility index (Phi) is 6.10. The van der Waals surface area contributed by atoms with Crippen LogP contribution < -0.4 is 10.9 Å². The Morgan fingerprint density at radius 3 is 2.75 bits per heavy atom. The third kappa shape index (κ3) is 4.41. The molecule has 2 aromatic rings. The molecule has 0 saturated heterocycles. The monoisotopic (exact) mass is 350 g/mol. The molecule has 2 N–H and O–H groups in total. The molecule has 132 valence electrons. The Morgan fingerprint density at radius 1 is 1.42 bits per heavy atom. The molecular weight excluding hydrogens is 324 g/mol. The molecule has 0 bridgehead atoms. The van der Waals surface area contributed by atoms with Crippen molar-refractivity contribution in [1.82, 2.24) is 19.9 Å². The fourth-order valence-corrected chi connectivity index (χ4v) is 3.22. The minimum absolute atomic E-state index is 0.0370. The lowest BCUT2D eigenvalue weighted by molar-refractivity contribution is -0.119. The number of rotatable bonds is 7. The number of H-pyrrole nitrogens is 1. The number of carbonyl (C=O) groups is 1. The predicted molar refractivity (Wildman–Crippen MR) is 98.5 cm³/mol. The van der Waals surface area contributed by atoms with Crippen molar-refractivity contribution in [3.63, 3.8) is 0 Å². The summed E-state index contributed by atoms with van der Waals surface area (Å²) in [6, 6.07) is 2.01. The molecule has 0 aliphatic rings. The molecule has 0 aliphatic carbocycles. The second-order valence-corrected chi connectivity index (χ2v) is 7.52. The molecule has 0 saturated carbocycles. The van der Waals surface area contributed by atoms with Crippen molar-refractivity contribution in [2.75, 3.05) is 5.75 Å². The maximum atomic E-state index is 12.7. The molecule has 1 atom stereocenters. The van der Waals surface area contributed by atoms with Gasteiger partial charge in [-0.05, 0) is 32.3 Å². The SMILES string of the molecule is CC[C@@H](C)NC(=O)CSc1nc2cc(C)[nH]c2c(=O)n1CC(C)C. The van der Waals surface area contributed by atoms with Gasteiger partial charge in [0.15, 0.2) is 5.16 Å². The van der Waals surface area contributed by atoms with E-state index >= 15 is 0 Å². The van der Waals surface area contributed by atoms with Gasteiger partial charge in [-0.2, -0.15) is 0 Å². The van der Waals surface area contributed by atoms with Crippen LogP contribution in [-0.2, 0) is 11.3 Å². The molecule has 2 heterocycles. The van der Waals surface area contributed by atoms with Crippen molar-refractivity contribution in [2.45, 2.75) is 58.8 Å². The quantitative estimate of drug-likeness (QED) is 0.594. The van der Waals surface area contributed by atoms with Crippen LogP contribution in [0.4, 0.5) is 0 Å². The fraction of sp³-hybridized carbons (Fsp3) is 0.588. The number of fused-ring (bicyclic) bond motifs is 1. The molecule has 0 spiro atoms. The second kappa shape index (κ2) is 7.88. The van der Waals surface area contributed by atoms with Crippen LogP contribution in [0.3, 0.4) is 0 Å². The maximum absolute atomic E-state index is 12.7. The lowest BCUT2D eigenvalue weighted by Gasteiger charge is -2.15. The van der Waals surface area contributed by atoms with Crippen molar-refractivity contribution in [1.29, 1.82) is 0 Å². The molecule has 0 radical (unpaired) electrons. The number of aromatic amines is 1. The number of carbonyl (C=O) groups excluding carboxylic acids is 1. The highest BCUT2D eigenvalue weighted by Gasteiger charge is 2.16. The molecule has 2 aromatic heterocycles. The van der Waals surface area contributed by atoms with E-state index in [0.29, 0.717) is 28.7 Å². The number of aromatic nitrogens is 3. The summed E-state index contributed by atoms with van der Waals surface area (Å²) in [6.45, 7) is 10.6. The average Bonchev–Trinajstić information content (AvgIpc) is 2.88. The van der Waals surface area contributed by atoms with E-state index in [1.807, 2.05) is 26.8 Å². The molecule has 2 rings (SSSR count). The van der Waals surface area contributed by atoms with E-state index in [-0.39, 0.29) is 23.3 Å². The topological polar surface area (TPSA) is 79.8 Å². The number of thioether (sulfide) groups is 1. The summed E-state index contributed by atoms with van der Waals surface area (Å²) in [5.41, 5.74) is 2.01. The van der Waals surface area contributed by atoms with E-state index in [1.165, 1.54) is 11.8 Å². The molecule has 0 unspecified atom stereocenters. The molecule has 6 nitrogen and oxygen atoms in total. The highest BCUT2D eigenvalue weighted by atomic mass is 32.2. The first-order valence-corrected chi connectivity index (χ1v) is 9.32. The van der Waals surface area contributed by atoms with E-state index in [9.17, 15) is 9.59 Å². The minimum atomic E-state index is -0.0772. The number of aryl methyl sites for hydroxylation is 1. The molecule has 0 aliphatic heterocycles. The van der Waals surface area contributed by atoms with Gasteiger partial charge in [0.1, 0.15) is 5.52 Å². The Labute approximate surface area is 146 Å². The molecule has 7 heteroatoms. The van der Waals surface area contributed by atoms with Gasteiger partial charge < -0.3 is 10.3 Å². The van der Waals surface area contributed by atoms with Gasteiger partial charge in [-0.15, -0.1) is 0 Å². The summed E-state index contributed by atoms with van der Waals surface area (Å²) < 4.78 is 1.67. The van der Waals surface area contributed by atoms with Gasteiger partial charge in [-0.3, -0.25) is 14.2 Å². The van der Waals surface area contributed by atoms with Crippen molar-refractivity contribution >= 4 is 28.7 Å². The zero-order chi connectivity index (χ0) is 17.9. The minimum Gasteiger partial charge on any atom is -0.353 e. The molecule has 0 aromatic carbocycles. The zero-order valence-corrected chi connectivity index (χ0v) is 15.8. The number of hydrogen-bond acceptors (Lipinski definition) is 4. The second-order valence-electron chi connectivity index (χ2n) is 6.58. The maximum Gasteiger partial charge on any atom is 0.278 e. The van der Waals surface area contributed by atoms with Crippen LogP contribution in [0.15, 0.2) is 16.0 Å². The van der Waals surface area contributed by atoms with Gasteiger partial charge in [0.2, 0.25) is 5.91 Å². The van der Waals surface area contributed by atoms with Crippen LogP contribution in [0, 0.1) is 12.8 Å². The van der Waals surface area contributed by atoms with Crippen molar-refractivity contribution < 1.29 is 4.79 Å². The number of nitrogens with zero attached hydrogens (tertiary/aromatic N) is 2. The molecule has 1 amide bonds. The van der Waals surface area contributed by atoms with E-state index in [4.69, 9.17) is 0 Å². The van der Waals surface area contributed by atoms with Gasteiger partial charge in [-0.25, -0.2) is 4.98 Å². The van der Waals surface area contributed by atoms with Gasteiger partial charge >= 0.3 is 0 Å². The normalized spacial score (nSPS) is 12.8. The van der Waals surface area contributed by atoms with E-state index in [2.05, 4.69) is 29.1 Å². The predicted octanol–water partition coefficient (Wildman–Crippen LogP) is 2.70. The molecular formula is C17H26N4O2S. The van der Waals surface area contributed by atoms with Gasteiger partial charge in [0.05, 0.1) is 11.3 Å². The standard InChI is InChI=1S/C17H26N4O2S/c1-6-11(4)18-14(22)9-24-17-20-13-7-12(5)19-15(13)16(23)21(17)8-10(2)3/h7,10-11,19H,6,8-9H2,1-5H3,(H,18,22)/t11-/m1/s1. The largest absolute Gasteiger partial charge is 0.353 e. The van der Waals surface area contributed by atoms with Crippen LogP contribution in [-0.4, -0.2) is 32.2 Å². The molecule has 0 fully saturated rings. The van der Waals surface area contributed by atoms with Gasteiger partial charge in [0, 0.05) is 18.3 Å². The summed E-state index contributed by atoms with van der Waals surface area (Å²) in [7, 11) is 0. The zero-order valence-electron chi connectivity index (χ0n) is 15.0. The van der Waals surface area contributed by atoms with Gasteiger partial charge in [0.25, 0.3) is 5.56 Å². The van der Waals surface area contributed by atoms with Crippen LogP contribution in [0.5, 0.6) is 0 Å². The Hall–Kier alpha value is -1.76. The highest BCUT2D eigenvalue weighted by Crippen LogP contribution is 2.19. The Morgan fingerprint density at radius 2 is 2.12 bits per heavy atom. The van der Waals surface area contributed by atoms with Crippen LogP contribution in [0.2, 0.25) is 0 Å². The third-order valence-corrected chi connectivity index (χ3v) is 4.71. The summed E-state index contributed by atoms with van der Waals surface area (Å²) in [6.07, 6.45) is 0.890. The van der Waals surface area contributed by atoms with E-state index in [0.717, 1.165) is 12.1 Å². The Balaban J connectivity index is 2.30. The molecule has 24 heavy (non-hydrogen) atoms. The third-order valence-electron chi connectivity index (χ3n) is 3.74. The summed E-state index contributed by atoms with van der Waals surface area (Å²) in [5, 5.41) is 3.53. The van der Waals surface area contributed by atoms with E-state index < -0.39 is 0 Å². The summed E-state index contributed by atoms with van der Waals surface area (Å²) >= 11 is 1.31. The summed E-state index contributed by atoms with van der Waals surface area (Å²) in [4.78, 5) is 32.4. The first kappa shape index (κ1) is 18.6. The van der Waals surface area contributed by atoms with Gasteiger partial charge in [-0.1, -0.05) is 32.5 Å². The van der Waals surface area contributed by atoms with Crippen LogP contribution in [0.25, 0.3) is 11.0 Å². The average molecular weight is 350 g/mol. The summed E-state index contributed by atoms with van der Waals surface area (Å²) in [5.74, 6) is 0.528. The highest BCUT2D eigenvalue weighted by molar-refractivity contribution is 7.99. The lowest BCUT2D eigenvalue weighted by Crippen LogP contribution is -2.33. The van der Waals surface area contributed by atoms with Crippen molar-refractivity contribution in [2.24, 2.45) is 5.92 Å². The lowest BCUT2D eigenvalue weighted by atomic mass is 10.2. The van der Waals surface area contributed by atoms with Crippen molar-refractivity contribution in [3.05, 3.63) is 22.1 Å². The van der Waals surface area contributed by atoms with Crippen molar-refractivity contribution in [3.8, 4) is 0 Å². The van der Waals surface area contributed by atoms with Crippen LogP contribution in [0.1, 0.15) is 39.8 Å². The Bertz CT molecular complexity index is 779. The first-order valence-electron chi connectivity index (χ1n) is 8.34. The number of nitrogens with one attached hydrogen (secondary N) is 2. The first-order chi connectivity index (χ1) is 11.3. The smallest absolute Gasteiger partial charge is 0.278 e. The number of amides is 1. The van der Waals surface area contributed by atoms with Crippen LogP contribution >= 0.6 is 11.8 Å².